The topological polar surface area (TPSA) is 127 Å². The first kappa shape index (κ1) is 18.9. The van der Waals surface area contributed by atoms with Gasteiger partial charge in [0, 0.05) is 12.6 Å². The number of primary sulfonamides is 1. The number of rotatable bonds is 3. The molecule has 27 heavy (non-hydrogen) atoms. The smallest absolute Gasteiger partial charge is 0.273 e. The number of nitrogens with zero attached hydrogens (tertiary/aromatic N) is 3. The van der Waals surface area contributed by atoms with Gasteiger partial charge in [-0.1, -0.05) is 6.92 Å². The van der Waals surface area contributed by atoms with E-state index in [1.807, 2.05) is 6.92 Å². The Labute approximate surface area is 156 Å². The molecule has 0 aromatic heterocycles. The zero-order valence-corrected chi connectivity index (χ0v) is 15.9. The molecule has 9 nitrogen and oxygen atoms in total. The van der Waals surface area contributed by atoms with E-state index in [2.05, 4.69) is 9.98 Å². The Morgan fingerprint density at radius 3 is 2.33 bits per heavy atom. The first-order chi connectivity index (χ1) is 12.6. The van der Waals surface area contributed by atoms with E-state index in [0.29, 0.717) is 23.7 Å². The van der Waals surface area contributed by atoms with Gasteiger partial charge in [-0.15, -0.1) is 0 Å². The van der Waals surface area contributed by atoms with E-state index in [9.17, 15) is 18.0 Å². The molecule has 142 valence electrons. The van der Waals surface area contributed by atoms with Crippen molar-refractivity contribution in [2.75, 3.05) is 14.1 Å². The third-order valence-corrected chi connectivity index (χ3v) is 5.51. The number of fused-ring (bicyclic) bond motifs is 1. The molecule has 0 aliphatic carbocycles. The SMILES string of the molecule is CCC1=C[NH+]=C2C(C(=O)N(C)C(=O)N2C)C1=Nc1ccc(S(N)(=O)=O)cc1. The molecule has 1 saturated heterocycles. The van der Waals surface area contributed by atoms with Crippen molar-refractivity contribution < 1.29 is 23.0 Å². The number of imide groups is 1. The van der Waals surface area contributed by atoms with E-state index in [4.69, 9.17) is 5.14 Å². The van der Waals surface area contributed by atoms with Gasteiger partial charge in [0.1, 0.15) is 0 Å². The fourth-order valence-electron chi connectivity index (χ4n) is 3.04. The zero-order chi connectivity index (χ0) is 19.9. The number of aliphatic imine (C=N–C) groups is 1. The van der Waals surface area contributed by atoms with Crippen LogP contribution in [0.15, 0.2) is 45.9 Å². The molecule has 1 fully saturated rings. The summed E-state index contributed by atoms with van der Waals surface area (Å²) in [7, 11) is -0.777. The Balaban J connectivity index is 2.08. The highest BCUT2D eigenvalue weighted by molar-refractivity contribution is 7.89. The second-order valence-corrected chi connectivity index (χ2v) is 7.82. The lowest BCUT2D eigenvalue weighted by Crippen LogP contribution is -2.80. The molecule has 1 aromatic carbocycles. The van der Waals surface area contributed by atoms with Crippen molar-refractivity contribution in [1.29, 1.82) is 0 Å². The van der Waals surface area contributed by atoms with Crippen molar-refractivity contribution in [2.24, 2.45) is 16.0 Å². The summed E-state index contributed by atoms with van der Waals surface area (Å²) in [5.74, 6) is -0.671. The summed E-state index contributed by atoms with van der Waals surface area (Å²) in [5, 5.41) is 5.11. The molecule has 3 amide bonds. The molecule has 0 spiro atoms. The summed E-state index contributed by atoms with van der Waals surface area (Å²) in [5.41, 5.74) is 1.82. The Morgan fingerprint density at radius 1 is 1.15 bits per heavy atom. The van der Waals surface area contributed by atoms with Crippen LogP contribution in [0.2, 0.25) is 0 Å². The van der Waals surface area contributed by atoms with Gasteiger partial charge in [0.05, 0.1) is 29.5 Å². The molecule has 2 aliphatic rings. The van der Waals surface area contributed by atoms with E-state index in [1.165, 1.54) is 36.2 Å². The number of hydrogen-bond donors (Lipinski definition) is 2. The van der Waals surface area contributed by atoms with E-state index in [1.54, 1.807) is 13.2 Å². The van der Waals surface area contributed by atoms with Gasteiger partial charge in [0.25, 0.3) is 11.7 Å². The molecule has 3 N–H and O–H groups in total. The maximum absolute atomic E-state index is 12.8. The average molecular weight is 390 g/mol. The molecule has 1 atom stereocenters. The zero-order valence-electron chi connectivity index (χ0n) is 15.1. The summed E-state index contributed by atoms with van der Waals surface area (Å²) in [6, 6.07) is 5.34. The molecule has 0 bridgehead atoms. The average Bonchev–Trinajstić information content (AvgIpc) is 2.64. The molecule has 1 unspecified atom stereocenters. The van der Waals surface area contributed by atoms with Gasteiger partial charge in [0.15, 0.2) is 5.92 Å². The fraction of sp³-hybridized carbons (Fsp3) is 0.294. The minimum absolute atomic E-state index is 0.0194. The Kier molecular flexibility index (Phi) is 4.70. The maximum atomic E-state index is 12.8. The summed E-state index contributed by atoms with van der Waals surface area (Å²) in [4.78, 5) is 35.0. The minimum Gasteiger partial charge on any atom is -0.273 e. The summed E-state index contributed by atoms with van der Waals surface area (Å²) >= 11 is 0. The third kappa shape index (κ3) is 3.28. The molecule has 1 aromatic rings. The van der Waals surface area contributed by atoms with Gasteiger partial charge in [0.2, 0.25) is 10.0 Å². The number of hydrogen-bond acceptors (Lipinski definition) is 5. The monoisotopic (exact) mass is 390 g/mol. The van der Waals surface area contributed by atoms with Crippen molar-refractivity contribution in [3.63, 3.8) is 0 Å². The first-order valence-corrected chi connectivity index (χ1v) is 9.79. The van der Waals surface area contributed by atoms with E-state index < -0.39 is 22.0 Å². The second kappa shape index (κ2) is 6.71. The largest absolute Gasteiger partial charge is 0.417 e. The fourth-order valence-corrected chi connectivity index (χ4v) is 3.56. The standard InChI is InChI=1S/C17H19N5O4S/c1-4-10-9-19-15-13(16(23)22(3)17(24)21(15)2)14(10)20-11-5-7-12(8-6-11)27(18,25)26/h5-9,13H,4H2,1-3H3,(H2,18,25,26)/p+1. The molecule has 0 radical (unpaired) electrons. The highest BCUT2D eigenvalue weighted by atomic mass is 32.2. The van der Waals surface area contributed by atoms with Crippen molar-refractivity contribution in [3.8, 4) is 0 Å². The number of nitrogens with two attached hydrogens (primary N) is 1. The van der Waals surface area contributed by atoms with Crippen LogP contribution in [0.5, 0.6) is 0 Å². The van der Waals surface area contributed by atoms with E-state index >= 15 is 0 Å². The van der Waals surface area contributed by atoms with Crippen molar-refractivity contribution in [1.82, 2.24) is 9.80 Å². The van der Waals surface area contributed by atoms with Crippen LogP contribution in [-0.2, 0) is 14.8 Å². The summed E-state index contributed by atoms with van der Waals surface area (Å²) in [6.07, 6.45) is 2.35. The Morgan fingerprint density at radius 2 is 1.78 bits per heavy atom. The quantitative estimate of drug-likeness (QED) is 0.710. The van der Waals surface area contributed by atoms with Crippen LogP contribution in [0.3, 0.4) is 0 Å². The molecule has 3 rings (SSSR count). The van der Waals surface area contributed by atoms with Gasteiger partial charge >= 0.3 is 6.03 Å². The minimum atomic E-state index is -3.80. The number of allylic oxidation sites excluding steroid dienone is 1. The van der Waals surface area contributed by atoms with Crippen LogP contribution in [0, 0.1) is 5.92 Å². The van der Waals surface area contributed by atoms with Gasteiger partial charge < -0.3 is 0 Å². The predicted molar refractivity (Wildman–Crippen MR) is 98.7 cm³/mol. The molecule has 10 heteroatoms. The number of amidine groups is 1. The second-order valence-electron chi connectivity index (χ2n) is 6.26. The molecule has 2 aliphatic heterocycles. The van der Waals surface area contributed by atoms with Gasteiger partial charge in [-0.05, 0) is 30.7 Å². The van der Waals surface area contributed by atoms with E-state index in [-0.39, 0.29) is 10.8 Å². The number of carbonyl (C=O) groups is 2. The van der Waals surface area contributed by atoms with Crippen LogP contribution in [0.25, 0.3) is 0 Å². The number of carbonyl (C=O) groups excluding carboxylic acids is 2. The number of sulfonamides is 1. The van der Waals surface area contributed by atoms with Crippen molar-refractivity contribution in [3.05, 3.63) is 36.0 Å². The lowest BCUT2D eigenvalue weighted by atomic mass is 9.89. The van der Waals surface area contributed by atoms with Crippen molar-refractivity contribution in [2.45, 2.75) is 18.2 Å². The first-order valence-electron chi connectivity index (χ1n) is 8.24. The number of amides is 3. The highest BCUT2D eigenvalue weighted by Gasteiger charge is 2.50. The molecular formula is C17H20N5O4S+. The number of benzene rings is 1. The van der Waals surface area contributed by atoms with Crippen molar-refractivity contribution >= 4 is 39.2 Å². The molecule has 0 saturated carbocycles. The Bertz CT molecular complexity index is 1010. The van der Waals surface area contributed by atoms with Crippen LogP contribution >= 0.6 is 0 Å². The normalized spacial score (nSPS) is 21.9. The predicted octanol–water partition coefficient (Wildman–Crippen LogP) is -0.667. The van der Waals surface area contributed by atoms with Gasteiger partial charge in [-0.2, -0.15) is 4.90 Å². The maximum Gasteiger partial charge on any atom is 0.417 e. The molecular weight excluding hydrogens is 370 g/mol. The van der Waals surface area contributed by atoms with E-state index in [0.717, 1.165) is 10.5 Å². The van der Waals surface area contributed by atoms with Crippen LogP contribution < -0.4 is 10.1 Å². The molecule has 2 heterocycles. The number of nitrogens with one attached hydrogen (secondary N) is 1. The summed E-state index contributed by atoms with van der Waals surface area (Å²) in [6.45, 7) is 1.93. The Hall–Kier alpha value is -2.85. The van der Waals surface area contributed by atoms with Crippen LogP contribution in [0.4, 0.5) is 10.5 Å². The van der Waals surface area contributed by atoms with Gasteiger partial charge in [-0.25, -0.2) is 28.2 Å². The third-order valence-electron chi connectivity index (χ3n) is 4.58. The lowest BCUT2D eigenvalue weighted by molar-refractivity contribution is -0.383. The highest BCUT2D eigenvalue weighted by Crippen LogP contribution is 2.26. The van der Waals surface area contributed by atoms with Crippen LogP contribution in [-0.4, -0.2) is 55.8 Å². The van der Waals surface area contributed by atoms with Gasteiger partial charge in [-0.3, -0.25) is 9.79 Å². The summed E-state index contributed by atoms with van der Waals surface area (Å²) < 4.78 is 22.8. The van der Waals surface area contributed by atoms with Crippen LogP contribution in [0.1, 0.15) is 13.3 Å². The lowest BCUT2D eigenvalue weighted by Gasteiger charge is -2.32. The number of urea groups is 1.